The first-order valence-electron chi connectivity index (χ1n) is 11.4. The van der Waals surface area contributed by atoms with Crippen LogP contribution in [0.15, 0.2) is 47.8 Å². The van der Waals surface area contributed by atoms with E-state index in [1.54, 1.807) is 23.6 Å². The SMILES string of the molecule is CCC(C)NC(=O)c1csc(CN2C(=O)COc3ccc(C(=O)COc4ccccc4C)cc32)n1. The largest absolute Gasteiger partial charge is 0.485 e. The second-order valence-corrected chi connectivity index (χ2v) is 9.28. The van der Waals surface area contributed by atoms with E-state index in [1.807, 2.05) is 45.0 Å². The Kier molecular flexibility index (Phi) is 7.45. The van der Waals surface area contributed by atoms with Crippen molar-refractivity contribution in [2.24, 2.45) is 0 Å². The summed E-state index contributed by atoms with van der Waals surface area (Å²) >= 11 is 1.31. The zero-order chi connectivity index (χ0) is 24.9. The van der Waals surface area contributed by atoms with Crippen LogP contribution in [0.25, 0.3) is 0 Å². The fourth-order valence-corrected chi connectivity index (χ4v) is 4.28. The van der Waals surface area contributed by atoms with Crippen molar-refractivity contribution in [1.82, 2.24) is 10.3 Å². The summed E-state index contributed by atoms with van der Waals surface area (Å²) in [6.45, 7) is 5.78. The lowest BCUT2D eigenvalue weighted by Crippen LogP contribution is -2.38. The monoisotopic (exact) mass is 493 g/mol. The third-order valence-corrected chi connectivity index (χ3v) is 6.58. The predicted molar refractivity (Wildman–Crippen MR) is 133 cm³/mol. The van der Waals surface area contributed by atoms with Crippen molar-refractivity contribution < 1.29 is 23.9 Å². The van der Waals surface area contributed by atoms with Gasteiger partial charge in [0.05, 0.1) is 12.2 Å². The van der Waals surface area contributed by atoms with Crippen LogP contribution in [0.4, 0.5) is 5.69 Å². The first-order valence-corrected chi connectivity index (χ1v) is 12.3. The lowest BCUT2D eigenvalue weighted by atomic mass is 10.1. The van der Waals surface area contributed by atoms with Crippen LogP contribution in [-0.2, 0) is 11.3 Å². The molecule has 9 heteroatoms. The van der Waals surface area contributed by atoms with E-state index in [-0.39, 0.29) is 43.4 Å². The quantitative estimate of drug-likeness (QED) is 0.450. The van der Waals surface area contributed by atoms with E-state index >= 15 is 0 Å². The number of fused-ring (bicyclic) bond motifs is 1. The van der Waals surface area contributed by atoms with Crippen molar-refractivity contribution in [2.75, 3.05) is 18.1 Å². The molecule has 0 bridgehead atoms. The van der Waals surface area contributed by atoms with E-state index in [9.17, 15) is 14.4 Å². The molecule has 0 aliphatic carbocycles. The average molecular weight is 494 g/mol. The third kappa shape index (κ3) is 5.68. The highest BCUT2D eigenvalue weighted by molar-refractivity contribution is 7.09. The van der Waals surface area contributed by atoms with Gasteiger partial charge in [0.15, 0.2) is 19.0 Å². The lowest BCUT2D eigenvalue weighted by Gasteiger charge is -2.29. The van der Waals surface area contributed by atoms with Gasteiger partial charge in [-0.05, 0) is 50.1 Å². The summed E-state index contributed by atoms with van der Waals surface area (Å²) in [7, 11) is 0. The molecule has 8 nitrogen and oxygen atoms in total. The maximum atomic E-state index is 12.8. The average Bonchev–Trinajstić information content (AvgIpc) is 3.33. The Morgan fingerprint density at radius 1 is 1.26 bits per heavy atom. The van der Waals surface area contributed by atoms with Gasteiger partial charge in [0.1, 0.15) is 22.2 Å². The smallest absolute Gasteiger partial charge is 0.270 e. The number of nitrogens with zero attached hydrogens (tertiary/aromatic N) is 2. The summed E-state index contributed by atoms with van der Waals surface area (Å²) in [6, 6.07) is 12.5. The number of Topliss-reactive ketones (excluding diaryl/α,β-unsaturated/α-hetero) is 1. The highest BCUT2D eigenvalue weighted by Gasteiger charge is 2.28. The number of hydrogen-bond acceptors (Lipinski definition) is 7. The van der Waals surface area contributed by atoms with E-state index in [0.29, 0.717) is 33.5 Å². The molecule has 35 heavy (non-hydrogen) atoms. The maximum Gasteiger partial charge on any atom is 0.270 e. The second kappa shape index (κ2) is 10.7. The minimum atomic E-state index is -0.251. The van der Waals surface area contributed by atoms with Crippen LogP contribution in [0.5, 0.6) is 11.5 Å². The number of anilines is 1. The molecule has 1 aliphatic heterocycles. The van der Waals surface area contributed by atoms with E-state index in [1.165, 1.54) is 16.2 Å². The minimum Gasteiger partial charge on any atom is -0.485 e. The Morgan fingerprint density at radius 3 is 2.83 bits per heavy atom. The number of aromatic nitrogens is 1. The molecule has 0 saturated heterocycles. The van der Waals surface area contributed by atoms with Gasteiger partial charge in [-0.3, -0.25) is 19.3 Å². The number of benzene rings is 2. The van der Waals surface area contributed by atoms with Crippen LogP contribution in [-0.4, -0.2) is 41.8 Å². The maximum absolute atomic E-state index is 12.8. The van der Waals surface area contributed by atoms with Gasteiger partial charge in [-0.2, -0.15) is 0 Å². The zero-order valence-corrected chi connectivity index (χ0v) is 20.7. The van der Waals surface area contributed by atoms with Crippen LogP contribution >= 0.6 is 11.3 Å². The molecular weight excluding hydrogens is 466 g/mol. The molecule has 1 aliphatic rings. The summed E-state index contributed by atoms with van der Waals surface area (Å²) in [4.78, 5) is 43.9. The number of amides is 2. The number of para-hydroxylation sites is 1. The van der Waals surface area contributed by atoms with Crippen molar-refractivity contribution in [2.45, 2.75) is 39.8 Å². The number of ether oxygens (including phenoxy) is 2. The molecule has 0 fully saturated rings. The van der Waals surface area contributed by atoms with Gasteiger partial charge in [0.2, 0.25) is 0 Å². The van der Waals surface area contributed by atoms with Crippen molar-refractivity contribution in [3.8, 4) is 11.5 Å². The lowest BCUT2D eigenvalue weighted by molar-refractivity contribution is -0.121. The fourth-order valence-electron chi connectivity index (χ4n) is 3.52. The molecule has 4 rings (SSSR count). The molecule has 0 saturated carbocycles. The molecule has 1 N–H and O–H groups in total. The van der Waals surface area contributed by atoms with Crippen LogP contribution in [0, 0.1) is 6.92 Å². The van der Waals surface area contributed by atoms with Gasteiger partial charge in [-0.1, -0.05) is 25.1 Å². The van der Waals surface area contributed by atoms with Crippen molar-refractivity contribution in [3.63, 3.8) is 0 Å². The Bertz CT molecular complexity index is 1260. The van der Waals surface area contributed by atoms with Crippen molar-refractivity contribution in [3.05, 3.63) is 69.7 Å². The van der Waals surface area contributed by atoms with E-state index in [4.69, 9.17) is 9.47 Å². The fraction of sp³-hybridized carbons (Fsp3) is 0.308. The number of aryl methyl sites for hydroxylation is 1. The Hall–Kier alpha value is -3.72. The van der Waals surface area contributed by atoms with Gasteiger partial charge in [-0.25, -0.2) is 4.98 Å². The summed E-state index contributed by atoms with van der Waals surface area (Å²) in [5.74, 6) is 0.451. The number of carbonyl (C=O) groups excluding carboxylic acids is 3. The molecule has 182 valence electrons. The molecule has 0 radical (unpaired) electrons. The number of rotatable bonds is 9. The van der Waals surface area contributed by atoms with Crippen molar-refractivity contribution in [1.29, 1.82) is 0 Å². The first-order chi connectivity index (χ1) is 16.9. The molecule has 2 amide bonds. The topological polar surface area (TPSA) is 97.8 Å². The molecule has 2 aromatic carbocycles. The molecule has 3 aromatic rings. The van der Waals surface area contributed by atoms with Crippen LogP contribution in [0.1, 0.15) is 51.7 Å². The molecular formula is C26H27N3O5S. The summed E-state index contributed by atoms with van der Waals surface area (Å²) in [5, 5.41) is 5.18. The normalized spacial score (nSPS) is 13.6. The highest BCUT2D eigenvalue weighted by atomic mass is 32.1. The number of thiazole rings is 1. The molecule has 1 atom stereocenters. The summed E-state index contributed by atoms with van der Waals surface area (Å²) in [5.41, 5.74) is 2.16. The minimum absolute atomic E-state index is 0.0473. The zero-order valence-electron chi connectivity index (χ0n) is 19.9. The van der Waals surface area contributed by atoms with Gasteiger partial charge in [0.25, 0.3) is 11.8 Å². The number of nitrogens with one attached hydrogen (secondary N) is 1. The first kappa shape index (κ1) is 24.4. The van der Waals surface area contributed by atoms with Crippen LogP contribution in [0.2, 0.25) is 0 Å². The molecule has 2 heterocycles. The van der Waals surface area contributed by atoms with E-state index < -0.39 is 0 Å². The second-order valence-electron chi connectivity index (χ2n) is 8.34. The molecule has 0 spiro atoms. The van der Waals surface area contributed by atoms with Gasteiger partial charge < -0.3 is 14.8 Å². The van der Waals surface area contributed by atoms with Crippen LogP contribution < -0.4 is 19.7 Å². The standard InChI is InChI=1S/C26H27N3O5S/c1-4-17(3)27-26(32)19-15-35-24(28-19)12-29-20-11-18(9-10-23(20)34-14-25(29)31)21(30)13-33-22-8-6-5-7-16(22)2/h5-11,15,17H,4,12-14H2,1-3H3,(H,27,32). The Morgan fingerprint density at radius 2 is 2.06 bits per heavy atom. The summed E-state index contributed by atoms with van der Waals surface area (Å²) in [6.07, 6.45) is 0.818. The molecule has 1 unspecified atom stereocenters. The van der Waals surface area contributed by atoms with E-state index in [2.05, 4.69) is 10.3 Å². The van der Waals surface area contributed by atoms with Crippen molar-refractivity contribution >= 4 is 34.6 Å². The van der Waals surface area contributed by atoms with Gasteiger partial charge in [0, 0.05) is 17.0 Å². The number of hydrogen-bond donors (Lipinski definition) is 1. The molecule has 1 aromatic heterocycles. The summed E-state index contributed by atoms with van der Waals surface area (Å²) < 4.78 is 11.3. The third-order valence-electron chi connectivity index (χ3n) is 5.74. The Labute approximate surface area is 207 Å². The number of ketones is 1. The highest BCUT2D eigenvalue weighted by Crippen LogP contribution is 2.34. The van der Waals surface area contributed by atoms with Gasteiger partial charge >= 0.3 is 0 Å². The van der Waals surface area contributed by atoms with Crippen LogP contribution in [0.3, 0.4) is 0 Å². The Balaban J connectivity index is 1.50. The predicted octanol–water partition coefficient (Wildman–Crippen LogP) is 4.17. The number of carbonyl (C=O) groups is 3. The van der Waals surface area contributed by atoms with E-state index in [0.717, 1.165) is 12.0 Å². The van der Waals surface area contributed by atoms with Gasteiger partial charge in [-0.15, -0.1) is 11.3 Å².